The summed E-state index contributed by atoms with van der Waals surface area (Å²) < 4.78 is 6.59. The fourth-order valence-electron chi connectivity index (χ4n) is 1.84. The molecule has 0 bridgehead atoms. The minimum Gasteiger partial charge on any atom is -0.497 e. The Morgan fingerprint density at radius 1 is 1.41 bits per heavy atom. The molecule has 2 rings (SSSR count). The Morgan fingerprint density at radius 3 is 2.77 bits per heavy atom. The lowest BCUT2D eigenvalue weighted by Crippen LogP contribution is -2.18. The Kier molecular flexibility index (Phi) is 5.65. The summed E-state index contributed by atoms with van der Waals surface area (Å²) in [6, 6.07) is 7.08. The molecule has 1 heterocycles. The van der Waals surface area contributed by atoms with Crippen LogP contribution < -0.4 is 15.7 Å². The van der Waals surface area contributed by atoms with Crippen molar-refractivity contribution in [2.24, 2.45) is 0 Å². The maximum atomic E-state index is 11.9. The van der Waals surface area contributed by atoms with Crippen molar-refractivity contribution in [1.29, 1.82) is 0 Å². The number of thioether (sulfide) groups is 1. The second-order valence-electron chi connectivity index (χ2n) is 4.53. The summed E-state index contributed by atoms with van der Waals surface area (Å²) in [6.07, 6.45) is 0.824. The molecule has 0 saturated heterocycles. The molecule has 8 heteroatoms. The molecule has 2 N–H and O–H groups in total. The van der Waals surface area contributed by atoms with Gasteiger partial charge in [-0.25, -0.2) is 9.89 Å². The lowest BCUT2D eigenvalue weighted by Gasteiger charge is -2.06. The highest BCUT2D eigenvalue weighted by atomic mass is 32.2. The van der Waals surface area contributed by atoms with Gasteiger partial charge < -0.3 is 10.1 Å². The van der Waals surface area contributed by atoms with Crippen molar-refractivity contribution in [3.8, 4) is 5.75 Å². The van der Waals surface area contributed by atoms with Gasteiger partial charge in [-0.3, -0.25) is 9.36 Å². The second kappa shape index (κ2) is 7.69. The van der Waals surface area contributed by atoms with E-state index in [1.165, 1.54) is 16.3 Å². The van der Waals surface area contributed by atoms with Gasteiger partial charge in [0.05, 0.1) is 12.9 Å². The van der Waals surface area contributed by atoms with Crippen molar-refractivity contribution in [1.82, 2.24) is 14.8 Å². The number of nitrogens with zero attached hydrogens (tertiary/aromatic N) is 2. The molecule has 0 aliphatic heterocycles. The molecule has 0 spiro atoms. The number of anilines is 1. The second-order valence-corrected chi connectivity index (χ2v) is 5.47. The summed E-state index contributed by atoms with van der Waals surface area (Å²) in [7, 11) is 1.59. The topological polar surface area (TPSA) is 89.0 Å². The standard InChI is InChI=1S/C14H18N4O3S/c1-3-8-18-13(20)16-17-14(18)22-9-12(19)15-10-4-6-11(21-2)7-5-10/h4-7H,3,8-9H2,1-2H3,(H,15,19)(H,16,20). The Hall–Kier alpha value is -2.22. The minimum absolute atomic E-state index is 0.159. The zero-order chi connectivity index (χ0) is 15.9. The van der Waals surface area contributed by atoms with Crippen molar-refractivity contribution in [2.45, 2.75) is 25.0 Å². The number of amides is 1. The number of hydrogen-bond acceptors (Lipinski definition) is 5. The number of methoxy groups -OCH3 is 1. The van der Waals surface area contributed by atoms with Crippen LogP contribution in [-0.4, -0.2) is 33.5 Å². The number of carbonyl (C=O) groups is 1. The number of hydrogen-bond donors (Lipinski definition) is 2. The number of aromatic nitrogens is 3. The molecular weight excluding hydrogens is 304 g/mol. The summed E-state index contributed by atoms with van der Waals surface area (Å²) in [5.74, 6) is 0.751. The van der Waals surface area contributed by atoms with Crippen molar-refractivity contribution in [2.75, 3.05) is 18.2 Å². The first-order valence-corrected chi connectivity index (χ1v) is 7.84. The average Bonchev–Trinajstić information content (AvgIpc) is 2.87. The number of benzene rings is 1. The normalized spacial score (nSPS) is 10.5. The molecule has 0 radical (unpaired) electrons. The Bertz CT molecular complexity index is 678. The zero-order valence-electron chi connectivity index (χ0n) is 12.5. The highest BCUT2D eigenvalue weighted by molar-refractivity contribution is 7.99. The predicted molar refractivity (Wildman–Crippen MR) is 85.5 cm³/mol. The monoisotopic (exact) mass is 322 g/mol. The van der Waals surface area contributed by atoms with Gasteiger partial charge in [-0.05, 0) is 30.7 Å². The first-order chi connectivity index (χ1) is 10.6. The Balaban J connectivity index is 1.91. The number of nitrogens with one attached hydrogen (secondary N) is 2. The van der Waals surface area contributed by atoms with Crippen LogP contribution in [0, 0.1) is 0 Å². The largest absolute Gasteiger partial charge is 0.497 e. The molecule has 0 aliphatic rings. The molecular formula is C14H18N4O3S. The molecule has 0 atom stereocenters. The van der Waals surface area contributed by atoms with Crippen LogP contribution in [0.15, 0.2) is 34.2 Å². The maximum absolute atomic E-state index is 11.9. The van der Waals surface area contributed by atoms with Crippen LogP contribution in [0.2, 0.25) is 0 Å². The van der Waals surface area contributed by atoms with E-state index in [1.807, 2.05) is 6.92 Å². The summed E-state index contributed by atoms with van der Waals surface area (Å²) in [4.78, 5) is 23.5. The smallest absolute Gasteiger partial charge is 0.343 e. The lowest BCUT2D eigenvalue weighted by molar-refractivity contribution is -0.113. The van der Waals surface area contributed by atoms with Crippen LogP contribution in [0.1, 0.15) is 13.3 Å². The molecule has 22 heavy (non-hydrogen) atoms. The first kappa shape index (κ1) is 16.2. The molecule has 7 nitrogen and oxygen atoms in total. The Labute approximate surface area is 132 Å². The highest BCUT2D eigenvalue weighted by Crippen LogP contribution is 2.17. The van der Waals surface area contributed by atoms with Gasteiger partial charge in [-0.2, -0.15) is 0 Å². The third-order valence-corrected chi connectivity index (χ3v) is 3.85. The molecule has 1 aromatic carbocycles. The molecule has 1 aromatic heterocycles. The van der Waals surface area contributed by atoms with Crippen LogP contribution >= 0.6 is 11.8 Å². The van der Waals surface area contributed by atoms with E-state index in [2.05, 4.69) is 15.5 Å². The molecule has 0 unspecified atom stereocenters. The Morgan fingerprint density at radius 2 is 2.14 bits per heavy atom. The summed E-state index contributed by atoms with van der Waals surface area (Å²) in [6.45, 7) is 2.56. The molecule has 2 aromatic rings. The molecule has 0 aliphatic carbocycles. The van der Waals surface area contributed by atoms with E-state index < -0.39 is 0 Å². The van der Waals surface area contributed by atoms with Crippen LogP contribution in [0.3, 0.4) is 0 Å². The van der Waals surface area contributed by atoms with Crippen LogP contribution in [0.5, 0.6) is 5.75 Å². The van der Waals surface area contributed by atoms with Gasteiger partial charge in [0.25, 0.3) is 0 Å². The van der Waals surface area contributed by atoms with Gasteiger partial charge in [0.1, 0.15) is 5.75 Å². The third-order valence-electron chi connectivity index (χ3n) is 2.88. The molecule has 1 amide bonds. The van der Waals surface area contributed by atoms with Crippen LogP contribution in [-0.2, 0) is 11.3 Å². The van der Waals surface area contributed by atoms with E-state index >= 15 is 0 Å². The number of carbonyl (C=O) groups excluding carboxylic acids is 1. The lowest BCUT2D eigenvalue weighted by atomic mass is 10.3. The summed E-state index contributed by atoms with van der Waals surface area (Å²) in [5.41, 5.74) is 0.444. The fourth-order valence-corrected chi connectivity index (χ4v) is 2.61. The molecule has 0 fully saturated rings. The van der Waals surface area contributed by atoms with Crippen molar-refractivity contribution >= 4 is 23.4 Å². The van der Waals surface area contributed by atoms with Gasteiger partial charge in [0.15, 0.2) is 5.16 Å². The number of aromatic amines is 1. The van der Waals surface area contributed by atoms with Gasteiger partial charge in [-0.1, -0.05) is 18.7 Å². The van der Waals surface area contributed by atoms with Crippen LogP contribution in [0.25, 0.3) is 0 Å². The van der Waals surface area contributed by atoms with Gasteiger partial charge in [0, 0.05) is 12.2 Å². The van der Waals surface area contributed by atoms with E-state index in [0.29, 0.717) is 17.4 Å². The third kappa shape index (κ3) is 4.14. The van der Waals surface area contributed by atoms with Crippen molar-refractivity contribution in [3.05, 3.63) is 34.7 Å². The molecule has 118 valence electrons. The number of ether oxygens (including phenoxy) is 1. The predicted octanol–water partition coefficient (Wildman–Crippen LogP) is 1.72. The van der Waals surface area contributed by atoms with E-state index in [9.17, 15) is 9.59 Å². The van der Waals surface area contributed by atoms with E-state index in [4.69, 9.17) is 4.74 Å². The average molecular weight is 322 g/mol. The zero-order valence-corrected chi connectivity index (χ0v) is 13.3. The van der Waals surface area contributed by atoms with E-state index in [0.717, 1.165) is 12.2 Å². The SMILES string of the molecule is CCCn1c(SCC(=O)Nc2ccc(OC)cc2)n[nH]c1=O. The first-order valence-electron chi connectivity index (χ1n) is 6.86. The van der Waals surface area contributed by atoms with Gasteiger partial charge in [0.2, 0.25) is 5.91 Å². The van der Waals surface area contributed by atoms with Crippen molar-refractivity contribution < 1.29 is 9.53 Å². The minimum atomic E-state index is -0.250. The molecule has 0 saturated carbocycles. The number of rotatable bonds is 7. The maximum Gasteiger partial charge on any atom is 0.343 e. The quantitative estimate of drug-likeness (QED) is 0.758. The fraction of sp³-hybridized carbons (Fsp3) is 0.357. The summed E-state index contributed by atoms with van der Waals surface area (Å²) in [5, 5.41) is 9.63. The number of H-pyrrole nitrogens is 1. The van der Waals surface area contributed by atoms with E-state index in [1.54, 1.807) is 31.4 Å². The van der Waals surface area contributed by atoms with Crippen LogP contribution in [0.4, 0.5) is 5.69 Å². The summed E-state index contributed by atoms with van der Waals surface area (Å²) >= 11 is 1.23. The van der Waals surface area contributed by atoms with Crippen molar-refractivity contribution in [3.63, 3.8) is 0 Å². The highest BCUT2D eigenvalue weighted by Gasteiger charge is 2.11. The van der Waals surface area contributed by atoms with E-state index in [-0.39, 0.29) is 17.3 Å². The van der Waals surface area contributed by atoms with Gasteiger partial charge in [-0.15, -0.1) is 5.10 Å². The van der Waals surface area contributed by atoms with Gasteiger partial charge >= 0.3 is 5.69 Å².